The average Bonchev–Trinajstić information content (AvgIpc) is 2.49. The van der Waals surface area contributed by atoms with Gasteiger partial charge in [-0.05, 0) is 32.9 Å². The Balaban J connectivity index is 2.14. The number of hydrogen-bond acceptors (Lipinski definition) is 3. The molecule has 0 aromatic carbocycles. The highest BCUT2D eigenvalue weighted by Crippen LogP contribution is 2.16. The molecule has 0 saturated carbocycles. The topological polar surface area (TPSA) is 41.1 Å². The fourth-order valence-corrected chi connectivity index (χ4v) is 2.58. The van der Waals surface area contributed by atoms with Crippen molar-refractivity contribution in [3.63, 3.8) is 0 Å². The molecule has 0 spiro atoms. The molecule has 3 nitrogen and oxygen atoms in total. The first-order valence-electron chi connectivity index (χ1n) is 5.09. The van der Waals surface area contributed by atoms with E-state index >= 15 is 0 Å². The Labute approximate surface area is 90.4 Å². The van der Waals surface area contributed by atoms with Crippen LogP contribution in [-0.4, -0.2) is 35.5 Å². The molecule has 1 amide bonds. The highest BCUT2D eigenvalue weighted by Gasteiger charge is 2.17. The lowest BCUT2D eigenvalue weighted by atomic mass is 10.1. The summed E-state index contributed by atoms with van der Waals surface area (Å²) in [6.07, 6.45) is 1.19. The number of carbonyl (C=O) groups is 1. The zero-order chi connectivity index (χ0) is 10.6. The smallest absolute Gasteiger partial charge is 0.234 e. The van der Waals surface area contributed by atoms with E-state index in [1.807, 2.05) is 32.5 Å². The van der Waals surface area contributed by atoms with Crippen LogP contribution >= 0.6 is 11.8 Å². The summed E-state index contributed by atoms with van der Waals surface area (Å²) in [6, 6.07) is 0.533. The van der Waals surface area contributed by atoms with Gasteiger partial charge in [0, 0.05) is 17.3 Å². The van der Waals surface area contributed by atoms with Gasteiger partial charge < -0.3 is 10.6 Å². The molecule has 1 fully saturated rings. The van der Waals surface area contributed by atoms with Gasteiger partial charge in [0.25, 0.3) is 0 Å². The van der Waals surface area contributed by atoms with Gasteiger partial charge in [0.15, 0.2) is 0 Å². The van der Waals surface area contributed by atoms with E-state index in [9.17, 15) is 4.79 Å². The van der Waals surface area contributed by atoms with Crippen LogP contribution in [0, 0.1) is 0 Å². The van der Waals surface area contributed by atoms with Crippen LogP contribution in [0.5, 0.6) is 0 Å². The summed E-state index contributed by atoms with van der Waals surface area (Å²) >= 11 is 1.95. The van der Waals surface area contributed by atoms with Crippen LogP contribution in [0.1, 0.15) is 27.2 Å². The third kappa shape index (κ3) is 4.86. The van der Waals surface area contributed by atoms with Crippen molar-refractivity contribution in [2.75, 3.05) is 18.1 Å². The van der Waals surface area contributed by atoms with Gasteiger partial charge in [0.05, 0.1) is 6.54 Å². The van der Waals surface area contributed by atoms with Gasteiger partial charge in [0.1, 0.15) is 0 Å². The Hall–Kier alpha value is -0.220. The van der Waals surface area contributed by atoms with Crippen LogP contribution in [0.25, 0.3) is 0 Å². The van der Waals surface area contributed by atoms with E-state index in [2.05, 4.69) is 10.6 Å². The van der Waals surface area contributed by atoms with Gasteiger partial charge in [-0.3, -0.25) is 4.79 Å². The first-order valence-corrected chi connectivity index (χ1v) is 6.25. The van der Waals surface area contributed by atoms with Gasteiger partial charge in [-0.15, -0.1) is 0 Å². The molecule has 0 aliphatic carbocycles. The molecular weight excluding hydrogens is 196 g/mol. The summed E-state index contributed by atoms with van der Waals surface area (Å²) in [6.45, 7) is 6.44. The molecule has 0 aromatic rings. The van der Waals surface area contributed by atoms with Crippen molar-refractivity contribution in [2.24, 2.45) is 0 Å². The van der Waals surface area contributed by atoms with Crippen LogP contribution < -0.4 is 10.6 Å². The third-order valence-corrected chi connectivity index (χ3v) is 3.16. The highest BCUT2D eigenvalue weighted by atomic mass is 32.2. The molecule has 1 rings (SSSR count). The van der Waals surface area contributed by atoms with E-state index in [-0.39, 0.29) is 11.4 Å². The number of carbonyl (C=O) groups excluding carboxylic acids is 1. The maximum atomic E-state index is 11.4. The lowest BCUT2D eigenvalue weighted by molar-refractivity contribution is -0.121. The number of hydrogen-bond donors (Lipinski definition) is 2. The Morgan fingerprint density at radius 2 is 2.21 bits per heavy atom. The second-order valence-corrected chi connectivity index (χ2v) is 5.89. The molecule has 0 bridgehead atoms. The van der Waals surface area contributed by atoms with E-state index in [0.717, 1.165) is 5.75 Å². The van der Waals surface area contributed by atoms with E-state index in [4.69, 9.17) is 0 Å². The minimum atomic E-state index is -0.122. The summed E-state index contributed by atoms with van der Waals surface area (Å²) in [5.41, 5.74) is -0.122. The third-order valence-electron chi connectivity index (χ3n) is 2.00. The van der Waals surface area contributed by atoms with Crippen molar-refractivity contribution in [3.05, 3.63) is 0 Å². The van der Waals surface area contributed by atoms with E-state index < -0.39 is 0 Å². The van der Waals surface area contributed by atoms with Crippen molar-refractivity contribution >= 4 is 17.7 Å². The fraction of sp³-hybridized carbons (Fsp3) is 0.900. The van der Waals surface area contributed by atoms with Crippen LogP contribution in [0.3, 0.4) is 0 Å². The van der Waals surface area contributed by atoms with Crippen LogP contribution in [0.2, 0.25) is 0 Å². The van der Waals surface area contributed by atoms with Gasteiger partial charge in [-0.2, -0.15) is 11.8 Å². The van der Waals surface area contributed by atoms with Gasteiger partial charge in [-0.1, -0.05) is 0 Å². The maximum Gasteiger partial charge on any atom is 0.234 e. The molecule has 1 aliphatic rings. The van der Waals surface area contributed by atoms with E-state index in [1.165, 1.54) is 12.2 Å². The second kappa shape index (κ2) is 5.03. The zero-order valence-electron chi connectivity index (χ0n) is 9.22. The Morgan fingerprint density at radius 1 is 1.50 bits per heavy atom. The number of rotatable bonds is 3. The molecular formula is C10H20N2OS. The number of nitrogens with one attached hydrogen (secondary N) is 2. The molecule has 14 heavy (non-hydrogen) atoms. The van der Waals surface area contributed by atoms with Gasteiger partial charge in [0.2, 0.25) is 5.91 Å². The molecule has 0 aromatic heterocycles. The van der Waals surface area contributed by atoms with Crippen LogP contribution in [-0.2, 0) is 4.79 Å². The van der Waals surface area contributed by atoms with Crippen LogP contribution in [0.4, 0.5) is 0 Å². The molecule has 1 saturated heterocycles. The first-order chi connectivity index (χ1) is 6.47. The van der Waals surface area contributed by atoms with Crippen LogP contribution in [0.15, 0.2) is 0 Å². The summed E-state index contributed by atoms with van der Waals surface area (Å²) in [5.74, 6) is 2.45. The molecule has 82 valence electrons. The predicted octanol–water partition coefficient (Wildman–Crippen LogP) is 0.996. The molecule has 1 aliphatic heterocycles. The van der Waals surface area contributed by atoms with Crippen molar-refractivity contribution in [3.8, 4) is 0 Å². The Morgan fingerprint density at radius 3 is 2.71 bits per heavy atom. The minimum Gasteiger partial charge on any atom is -0.350 e. The van der Waals surface area contributed by atoms with Gasteiger partial charge >= 0.3 is 0 Å². The highest BCUT2D eigenvalue weighted by molar-refractivity contribution is 7.99. The lowest BCUT2D eigenvalue weighted by Crippen LogP contribution is -2.46. The largest absolute Gasteiger partial charge is 0.350 e. The van der Waals surface area contributed by atoms with E-state index in [1.54, 1.807) is 0 Å². The Bertz CT molecular complexity index is 195. The maximum absolute atomic E-state index is 11.4. The summed E-state index contributed by atoms with van der Waals surface area (Å²) < 4.78 is 0. The van der Waals surface area contributed by atoms with Crippen molar-refractivity contribution in [2.45, 2.75) is 38.8 Å². The van der Waals surface area contributed by atoms with Gasteiger partial charge in [-0.25, -0.2) is 0 Å². The quantitative estimate of drug-likeness (QED) is 0.739. The second-order valence-electron chi connectivity index (χ2n) is 4.74. The normalized spacial score (nSPS) is 22.4. The summed E-state index contributed by atoms with van der Waals surface area (Å²) in [4.78, 5) is 11.4. The monoisotopic (exact) mass is 216 g/mol. The van der Waals surface area contributed by atoms with Crippen molar-refractivity contribution in [1.29, 1.82) is 0 Å². The summed E-state index contributed by atoms with van der Waals surface area (Å²) in [5, 5.41) is 6.21. The SMILES string of the molecule is CC(C)(C)NC(=O)CNC1CCSC1. The first kappa shape index (κ1) is 11.9. The molecule has 1 atom stereocenters. The van der Waals surface area contributed by atoms with Crippen molar-refractivity contribution < 1.29 is 4.79 Å². The molecule has 4 heteroatoms. The molecule has 0 radical (unpaired) electrons. The summed E-state index contributed by atoms with van der Waals surface area (Å²) in [7, 11) is 0. The molecule has 1 unspecified atom stereocenters. The minimum absolute atomic E-state index is 0.0920. The Kier molecular flexibility index (Phi) is 4.26. The van der Waals surface area contributed by atoms with E-state index in [0.29, 0.717) is 12.6 Å². The fourth-order valence-electron chi connectivity index (χ4n) is 1.39. The predicted molar refractivity (Wildman–Crippen MR) is 61.6 cm³/mol. The molecule has 1 heterocycles. The average molecular weight is 216 g/mol. The van der Waals surface area contributed by atoms with Crippen molar-refractivity contribution in [1.82, 2.24) is 10.6 Å². The number of thioether (sulfide) groups is 1. The molecule has 2 N–H and O–H groups in total. The lowest BCUT2D eigenvalue weighted by Gasteiger charge is -2.21. The number of amides is 1. The zero-order valence-corrected chi connectivity index (χ0v) is 10.0. The standard InChI is InChI=1S/C10H20N2OS/c1-10(2,3)12-9(13)6-11-8-4-5-14-7-8/h8,11H,4-7H2,1-3H3,(H,12,13).